The van der Waals surface area contributed by atoms with Crippen molar-refractivity contribution in [1.82, 2.24) is 0 Å². The fourth-order valence-corrected chi connectivity index (χ4v) is 11.2. The Morgan fingerprint density at radius 1 is 0.441 bits per heavy atom. The lowest BCUT2D eigenvalue weighted by Crippen LogP contribution is -2.63. The van der Waals surface area contributed by atoms with Crippen LogP contribution in [0.5, 0.6) is 23.0 Å². The molecule has 59 heavy (non-hydrogen) atoms. The molecule has 0 fully saturated rings. The van der Waals surface area contributed by atoms with Gasteiger partial charge in [0.25, 0.3) is 0 Å². The first-order chi connectivity index (χ1) is 28.8. The van der Waals surface area contributed by atoms with Gasteiger partial charge in [0.15, 0.2) is 23.0 Å². The summed E-state index contributed by atoms with van der Waals surface area (Å²) in [6.45, 7) is 9.50. The molecule has 280 valence electrons. The van der Waals surface area contributed by atoms with Gasteiger partial charge >= 0.3 is 6.85 Å². The average molecular weight is 759 g/mol. The van der Waals surface area contributed by atoms with Crippen molar-refractivity contribution in [1.29, 1.82) is 0 Å². The first kappa shape index (κ1) is 33.0. The lowest BCUT2D eigenvalue weighted by molar-refractivity contribution is 0.360. The molecule has 0 unspecified atom stereocenters. The van der Waals surface area contributed by atoms with Gasteiger partial charge in [0, 0.05) is 45.2 Å². The van der Waals surface area contributed by atoms with Crippen LogP contribution in [0, 0.1) is 0 Å². The Labute approximate surface area is 345 Å². The summed E-state index contributed by atoms with van der Waals surface area (Å²) in [4.78, 5) is 5.24. The van der Waals surface area contributed by atoms with E-state index in [1.165, 1.54) is 78.1 Å². The van der Waals surface area contributed by atoms with Crippen molar-refractivity contribution in [3.05, 3.63) is 186 Å². The van der Waals surface area contributed by atoms with Gasteiger partial charge in [-0.3, -0.25) is 0 Å². The highest BCUT2D eigenvalue weighted by Gasteiger charge is 2.53. The largest absolute Gasteiger partial charge is 0.449 e. The monoisotopic (exact) mass is 758 g/mol. The summed E-state index contributed by atoms with van der Waals surface area (Å²) < 4.78 is 13.4. The third-order valence-corrected chi connectivity index (χ3v) is 13.8. The highest BCUT2D eigenvalue weighted by molar-refractivity contribution is 6.93. The molecule has 0 saturated heterocycles. The molecule has 4 aliphatic heterocycles. The van der Waals surface area contributed by atoms with Crippen LogP contribution in [0.4, 0.5) is 28.4 Å². The molecular weight excluding hydrogens is 719 g/mol. The molecule has 8 aromatic carbocycles. The van der Waals surface area contributed by atoms with Gasteiger partial charge in [-0.15, -0.1) is 0 Å². The van der Waals surface area contributed by atoms with E-state index in [1.807, 2.05) is 24.3 Å². The van der Waals surface area contributed by atoms with Crippen LogP contribution in [-0.4, -0.2) is 6.85 Å². The van der Waals surface area contributed by atoms with Crippen molar-refractivity contribution < 1.29 is 9.47 Å². The van der Waals surface area contributed by atoms with Gasteiger partial charge in [0.1, 0.15) is 0 Å². The third kappa shape index (κ3) is 4.24. The fourth-order valence-electron chi connectivity index (χ4n) is 11.2. The molecule has 0 aromatic heterocycles. The molecule has 4 nitrogen and oxygen atoms in total. The second kappa shape index (κ2) is 11.4. The van der Waals surface area contributed by atoms with E-state index in [0.29, 0.717) is 5.75 Å². The van der Waals surface area contributed by atoms with E-state index >= 15 is 0 Å². The average Bonchev–Trinajstić information content (AvgIpc) is 3.50. The van der Waals surface area contributed by atoms with E-state index in [9.17, 15) is 0 Å². The van der Waals surface area contributed by atoms with Gasteiger partial charge < -0.3 is 19.2 Å². The van der Waals surface area contributed by atoms with Crippen molar-refractivity contribution in [3.63, 3.8) is 0 Å². The van der Waals surface area contributed by atoms with Crippen LogP contribution in [0.25, 0.3) is 33.4 Å². The summed E-state index contributed by atoms with van der Waals surface area (Å²) >= 11 is 0. The Bertz CT molecular complexity index is 3130. The van der Waals surface area contributed by atoms with Crippen molar-refractivity contribution >= 4 is 46.2 Å². The smallest absolute Gasteiger partial charge is 0.333 e. The Kier molecular flexibility index (Phi) is 6.36. The molecule has 5 heteroatoms. The Balaban J connectivity index is 1.17. The topological polar surface area (TPSA) is 24.9 Å². The molecule has 0 saturated carbocycles. The number of anilines is 5. The molecule has 1 aliphatic carbocycles. The molecule has 0 atom stereocenters. The quantitative estimate of drug-likeness (QED) is 0.164. The van der Waals surface area contributed by atoms with E-state index in [0.717, 1.165) is 34.2 Å². The summed E-state index contributed by atoms with van der Waals surface area (Å²) in [5, 5.41) is 0. The highest BCUT2D eigenvalue weighted by Crippen LogP contribution is 2.62. The van der Waals surface area contributed by atoms with Gasteiger partial charge in [-0.05, 0) is 103 Å². The van der Waals surface area contributed by atoms with Crippen molar-refractivity contribution in [2.24, 2.45) is 0 Å². The second-order valence-corrected chi connectivity index (χ2v) is 17.7. The van der Waals surface area contributed by atoms with E-state index < -0.39 is 0 Å². The zero-order valence-electron chi connectivity index (χ0n) is 33.4. The van der Waals surface area contributed by atoms with Crippen molar-refractivity contribution in [2.45, 2.75) is 38.5 Å². The Hall–Kier alpha value is -6.98. The third-order valence-electron chi connectivity index (χ3n) is 13.8. The summed E-state index contributed by atoms with van der Waals surface area (Å²) in [5.74, 6) is 2.88. The predicted octanol–water partition coefficient (Wildman–Crippen LogP) is 12.9. The standard InChI is InChI=1S/C54H39BN2O2/c1-53(2)40-19-10-11-22-43(40)56-51-41(53)20-14-21-42(51)55-50-38(29-37-35-17-8-9-18-39(35)54(3,4)49(37)52(50)56)36-30-47-48(59-46-24-13-12-23-45(46)58-47)31-44(36)57(55)34-27-25-33(26-28-34)32-15-6-5-7-16-32/h5-31H,1-4H3. The summed E-state index contributed by atoms with van der Waals surface area (Å²) in [6, 6.07) is 59.9. The maximum absolute atomic E-state index is 6.69. The van der Waals surface area contributed by atoms with Gasteiger partial charge in [-0.2, -0.15) is 0 Å². The molecule has 0 radical (unpaired) electrons. The van der Waals surface area contributed by atoms with Crippen LogP contribution >= 0.6 is 0 Å². The van der Waals surface area contributed by atoms with Gasteiger partial charge in [0.05, 0.1) is 5.69 Å². The molecule has 4 heterocycles. The number of fused-ring (bicyclic) bond motifs is 12. The van der Waals surface area contributed by atoms with Crippen molar-refractivity contribution in [3.8, 4) is 56.4 Å². The highest BCUT2D eigenvalue weighted by atomic mass is 16.6. The number of hydrogen-bond acceptors (Lipinski definition) is 4. The minimum absolute atomic E-state index is 0.137. The molecular formula is C54H39BN2O2. The van der Waals surface area contributed by atoms with Crippen LogP contribution in [0.2, 0.25) is 0 Å². The van der Waals surface area contributed by atoms with E-state index in [-0.39, 0.29) is 17.7 Å². The minimum atomic E-state index is -0.256. The number of para-hydroxylation sites is 4. The number of hydrogen-bond donors (Lipinski definition) is 0. The number of rotatable bonds is 2. The molecule has 13 rings (SSSR count). The molecule has 0 bridgehead atoms. The summed E-state index contributed by atoms with van der Waals surface area (Å²) in [5.41, 5.74) is 21.0. The zero-order valence-corrected chi connectivity index (χ0v) is 33.4. The number of nitrogens with zero attached hydrogens (tertiary/aromatic N) is 2. The summed E-state index contributed by atoms with van der Waals surface area (Å²) in [6.07, 6.45) is 0. The van der Waals surface area contributed by atoms with E-state index in [1.54, 1.807) is 0 Å². The van der Waals surface area contributed by atoms with Gasteiger partial charge in [-0.25, -0.2) is 0 Å². The fraction of sp³-hybridized carbons (Fsp3) is 0.111. The Morgan fingerprint density at radius 2 is 1.08 bits per heavy atom. The number of ether oxygens (including phenoxy) is 2. The second-order valence-electron chi connectivity index (χ2n) is 17.7. The van der Waals surface area contributed by atoms with Crippen LogP contribution in [0.15, 0.2) is 164 Å². The van der Waals surface area contributed by atoms with Crippen LogP contribution in [-0.2, 0) is 10.8 Å². The summed E-state index contributed by atoms with van der Waals surface area (Å²) in [7, 11) is 0. The Morgan fingerprint density at radius 3 is 1.86 bits per heavy atom. The molecule has 0 spiro atoms. The molecule has 0 amide bonds. The van der Waals surface area contributed by atoms with Crippen LogP contribution in [0.3, 0.4) is 0 Å². The predicted molar refractivity (Wildman–Crippen MR) is 242 cm³/mol. The number of benzene rings is 8. The normalized spacial score (nSPS) is 15.9. The zero-order chi connectivity index (χ0) is 39.4. The van der Waals surface area contributed by atoms with Crippen molar-refractivity contribution in [2.75, 3.05) is 9.71 Å². The van der Waals surface area contributed by atoms with Crippen LogP contribution in [0.1, 0.15) is 49.9 Å². The first-order valence-electron chi connectivity index (χ1n) is 20.7. The lowest BCUT2D eigenvalue weighted by Gasteiger charge is -2.51. The maximum Gasteiger partial charge on any atom is 0.333 e. The lowest BCUT2D eigenvalue weighted by atomic mass is 9.42. The molecule has 0 N–H and O–H groups in total. The van der Waals surface area contributed by atoms with Gasteiger partial charge in [0.2, 0.25) is 0 Å². The minimum Gasteiger partial charge on any atom is -0.449 e. The first-order valence-corrected chi connectivity index (χ1v) is 20.7. The molecule has 5 aliphatic rings. The maximum atomic E-state index is 6.69. The van der Waals surface area contributed by atoms with Gasteiger partial charge in [-0.1, -0.05) is 143 Å². The van der Waals surface area contributed by atoms with E-state index in [4.69, 9.17) is 9.47 Å². The molecule has 8 aromatic rings. The SMILES string of the molecule is CC1(C)c2ccccc2N2c3c(cccc31)B1c3c(cc4c(c32)C(C)(C)c2ccccc2-4)-c2cc3c(cc2N1c1ccc(-c2ccccc2)cc1)Oc1ccccc1O3. The van der Waals surface area contributed by atoms with Crippen LogP contribution < -0.4 is 30.1 Å². The van der Waals surface area contributed by atoms with E-state index in [2.05, 4.69) is 177 Å².